The van der Waals surface area contributed by atoms with Gasteiger partial charge in [-0.1, -0.05) is 12.1 Å². The fourth-order valence-corrected chi connectivity index (χ4v) is 4.93. The molecular weight excluding hydrogens is 487 g/mol. The molecule has 2 heterocycles. The van der Waals surface area contributed by atoms with Gasteiger partial charge in [0.2, 0.25) is 0 Å². The van der Waals surface area contributed by atoms with Gasteiger partial charge in [0.1, 0.15) is 26.6 Å². The molecule has 0 radical (unpaired) electrons. The van der Waals surface area contributed by atoms with Crippen molar-refractivity contribution in [1.82, 2.24) is 4.57 Å². The van der Waals surface area contributed by atoms with E-state index in [0.717, 1.165) is 29.1 Å². The number of methoxy groups -OCH3 is 2. The van der Waals surface area contributed by atoms with Crippen LogP contribution >= 0.6 is 11.3 Å². The van der Waals surface area contributed by atoms with E-state index in [0.29, 0.717) is 17.0 Å². The summed E-state index contributed by atoms with van der Waals surface area (Å²) in [6, 6.07) is 13.8. The second-order valence-corrected chi connectivity index (χ2v) is 8.60. The molecule has 1 aliphatic rings. The summed E-state index contributed by atoms with van der Waals surface area (Å²) in [6.45, 7) is 0. The predicted molar refractivity (Wildman–Crippen MR) is 131 cm³/mol. The number of hydrogen-bond acceptors (Lipinski definition) is 8. The molecule has 0 saturated heterocycles. The van der Waals surface area contributed by atoms with Gasteiger partial charge in [-0.05, 0) is 42.0 Å². The van der Waals surface area contributed by atoms with Crippen molar-refractivity contribution in [3.05, 3.63) is 85.0 Å². The van der Waals surface area contributed by atoms with E-state index >= 15 is 0 Å². The van der Waals surface area contributed by atoms with E-state index in [-0.39, 0.29) is 26.2 Å². The molecule has 0 fully saturated rings. The number of amides is 1. The quantitative estimate of drug-likeness (QED) is 0.497. The molecule has 0 saturated carbocycles. The van der Waals surface area contributed by atoms with Gasteiger partial charge in [-0.2, -0.15) is 5.26 Å². The lowest BCUT2D eigenvalue weighted by Crippen LogP contribution is -2.40. The van der Waals surface area contributed by atoms with Crippen LogP contribution in [0.5, 0.6) is 5.75 Å². The number of ether oxygens (including phenoxy) is 2. The van der Waals surface area contributed by atoms with Crippen molar-refractivity contribution in [2.45, 2.75) is 5.92 Å². The number of aromatic nitrogens is 1. The molecule has 0 aliphatic carbocycles. The number of fused-ring (bicyclic) bond motifs is 1. The van der Waals surface area contributed by atoms with Crippen LogP contribution in [0.15, 0.2) is 58.9 Å². The molecule has 4 rings (SSSR count). The first kappa shape index (κ1) is 24.4. The van der Waals surface area contributed by atoms with E-state index in [4.69, 9.17) is 10.5 Å². The van der Waals surface area contributed by atoms with E-state index in [9.17, 15) is 24.0 Å². The number of anilines is 1. The summed E-state index contributed by atoms with van der Waals surface area (Å²) in [4.78, 5) is 38.6. The van der Waals surface area contributed by atoms with Crippen LogP contribution in [0.4, 0.5) is 10.1 Å². The molecular formula is C25H19FN4O5S. The summed E-state index contributed by atoms with van der Waals surface area (Å²) >= 11 is 0.855. The molecule has 0 spiro atoms. The zero-order chi connectivity index (χ0) is 26.0. The van der Waals surface area contributed by atoms with Crippen LogP contribution in [-0.4, -0.2) is 30.7 Å². The SMILES string of the molecule is COC(=O)/C=c1\sc2n(c1=O)C(N)=C(C#N)C(c1ccc(F)cc1)C=2C(=O)Nc1ccc(OC)cc1. The molecule has 1 unspecified atom stereocenters. The second-order valence-electron chi connectivity index (χ2n) is 7.57. The van der Waals surface area contributed by atoms with E-state index in [1.807, 2.05) is 6.07 Å². The van der Waals surface area contributed by atoms with Gasteiger partial charge in [-0.15, -0.1) is 11.3 Å². The lowest BCUT2D eigenvalue weighted by Gasteiger charge is -2.25. The fraction of sp³-hybridized carbons (Fsp3) is 0.120. The Kier molecular flexibility index (Phi) is 6.71. The van der Waals surface area contributed by atoms with Crippen molar-refractivity contribution in [2.75, 3.05) is 19.5 Å². The maximum absolute atomic E-state index is 13.7. The zero-order valence-corrected chi connectivity index (χ0v) is 19.9. The monoisotopic (exact) mass is 506 g/mol. The lowest BCUT2D eigenvalue weighted by atomic mass is 9.83. The van der Waals surface area contributed by atoms with Crippen molar-refractivity contribution < 1.29 is 23.5 Å². The first-order valence-corrected chi connectivity index (χ1v) is 11.3. The maximum Gasteiger partial charge on any atom is 0.332 e. The average Bonchev–Trinajstić information content (AvgIpc) is 3.20. The number of nitrogens with one attached hydrogen (secondary N) is 1. The average molecular weight is 507 g/mol. The minimum atomic E-state index is -1.00. The standard InChI is InChI=1S/C25H19FN4O5S/c1-34-16-9-7-15(8-10-16)29-23(32)21-20(13-3-5-14(26)6-4-13)17(12-27)22(28)30-24(33)18(36-25(21)30)11-19(31)35-2/h3-11,20H,28H2,1-2H3,(H,29,32)/b18-11-. The largest absolute Gasteiger partial charge is 0.497 e. The normalized spacial score (nSPS) is 15.2. The number of nitriles is 1. The van der Waals surface area contributed by atoms with Crippen molar-refractivity contribution >= 4 is 46.4 Å². The van der Waals surface area contributed by atoms with E-state index in [2.05, 4.69) is 10.1 Å². The van der Waals surface area contributed by atoms with Crippen molar-refractivity contribution in [1.29, 1.82) is 5.26 Å². The number of esters is 1. The molecule has 36 heavy (non-hydrogen) atoms. The van der Waals surface area contributed by atoms with Gasteiger partial charge in [0.25, 0.3) is 11.5 Å². The minimum absolute atomic E-state index is 0.0356. The van der Waals surface area contributed by atoms with Crippen LogP contribution in [0.25, 0.3) is 17.5 Å². The van der Waals surface area contributed by atoms with Crippen LogP contribution in [0.3, 0.4) is 0 Å². The Labute approximate surface area is 207 Å². The Morgan fingerprint density at radius 1 is 1.17 bits per heavy atom. The molecule has 9 nitrogen and oxygen atoms in total. The van der Waals surface area contributed by atoms with Gasteiger partial charge < -0.3 is 20.5 Å². The maximum atomic E-state index is 13.7. The summed E-state index contributed by atoms with van der Waals surface area (Å²) < 4.78 is 24.6. The molecule has 1 amide bonds. The van der Waals surface area contributed by atoms with E-state index in [1.54, 1.807) is 24.3 Å². The van der Waals surface area contributed by atoms with Crippen LogP contribution < -0.4 is 30.5 Å². The van der Waals surface area contributed by atoms with Crippen LogP contribution in [0, 0.1) is 17.1 Å². The van der Waals surface area contributed by atoms with Gasteiger partial charge in [0.15, 0.2) is 0 Å². The molecule has 1 aromatic heterocycles. The number of nitrogens with two attached hydrogens (primary N) is 1. The lowest BCUT2D eigenvalue weighted by molar-refractivity contribution is -0.133. The number of hydrogen-bond donors (Lipinski definition) is 2. The van der Waals surface area contributed by atoms with Crippen LogP contribution in [0.2, 0.25) is 0 Å². The molecule has 2 aromatic carbocycles. The summed E-state index contributed by atoms with van der Waals surface area (Å²) in [5.41, 5.74) is 6.38. The van der Waals surface area contributed by atoms with Crippen LogP contribution in [0.1, 0.15) is 11.5 Å². The first-order valence-electron chi connectivity index (χ1n) is 10.5. The van der Waals surface area contributed by atoms with Gasteiger partial charge in [-0.25, -0.2) is 9.18 Å². The smallest absolute Gasteiger partial charge is 0.332 e. The van der Waals surface area contributed by atoms with Gasteiger partial charge in [0, 0.05) is 11.8 Å². The number of carbonyl (C=O) groups is 2. The van der Waals surface area contributed by atoms with Crippen molar-refractivity contribution in [3.63, 3.8) is 0 Å². The predicted octanol–water partition coefficient (Wildman–Crippen LogP) is 1.25. The molecule has 3 N–H and O–H groups in total. The van der Waals surface area contributed by atoms with E-state index in [1.165, 1.54) is 31.4 Å². The Hall–Kier alpha value is -4.69. The Bertz CT molecular complexity index is 1610. The third kappa shape index (κ3) is 4.37. The number of nitrogens with zero attached hydrogens (tertiary/aromatic N) is 2. The number of carbonyl (C=O) groups excluding carboxylic acids is 2. The van der Waals surface area contributed by atoms with Crippen molar-refractivity contribution in [2.24, 2.45) is 5.73 Å². The minimum Gasteiger partial charge on any atom is -0.497 e. The summed E-state index contributed by atoms with van der Waals surface area (Å²) in [5, 5.41) is 12.8. The van der Waals surface area contributed by atoms with E-state index < -0.39 is 29.2 Å². The Morgan fingerprint density at radius 2 is 1.83 bits per heavy atom. The van der Waals surface area contributed by atoms with Gasteiger partial charge >= 0.3 is 5.97 Å². The van der Waals surface area contributed by atoms with Crippen LogP contribution in [-0.2, 0) is 14.3 Å². The molecule has 11 heteroatoms. The third-order valence-electron chi connectivity index (χ3n) is 5.51. The molecule has 1 atom stereocenters. The fourth-order valence-electron chi connectivity index (χ4n) is 3.79. The second kappa shape index (κ2) is 9.89. The highest BCUT2D eigenvalue weighted by molar-refractivity contribution is 7.07. The summed E-state index contributed by atoms with van der Waals surface area (Å²) in [7, 11) is 2.67. The topological polar surface area (TPSA) is 136 Å². The van der Waals surface area contributed by atoms with Crippen molar-refractivity contribution in [3.8, 4) is 11.8 Å². The zero-order valence-electron chi connectivity index (χ0n) is 19.1. The third-order valence-corrected chi connectivity index (χ3v) is 6.62. The number of thiazole rings is 1. The number of halogens is 1. The Balaban J connectivity index is 2.01. The van der Waals surface area contributed by atoms with Gasteiger partial charge in [-0.3, -0.25) is 14.2 Å². The first-order chi connectivity index (χ1) is 17.3. The molecule has 0 bridgehead atoms. The highest BCUT2D eigenvalue weighted by Gasteiger charge is 2.35. The van der Waals surface area contributed by atoms with Gasteiger partial charge in [0.05, 0.1) is 37.4 Å². The molecule has 1 aliphatic heterocycles. The molecule has 3 aromatic rings. The number of allylic oxidation sites excluding steroid dienone is 1. The number of benzene rings is 2. The summed E-state index contributed by atoms with van der Waals surface area (Å²) in [5.74, 6) is -2.49. The summed E-state index contributed by atoms with van der Waals surface area (Å²) in [6.07, 6.45) is 0.990. The Morgan fingerprint density at radius 3 is 2.42 bits per heavy atom. The molecule has 182 valence electrons. The highest BCUT2D eigenvalue weighted by Crippen LogP contribution is 2.36. The number of rotatable bonds is 5. The highest BCUT2D eigenvalue weighted by atomic mass is 32.1.